The number of hydrogen-bond acceptors (Lipinski definition) is 3. The largest absolute Gasteiger partial charge is 0.480 e. The third-order valence-electron chi connectivity index (χ3n) is 6.21. The van der Waals surface area contributed by atoms with Crippen molar-refractivity contribution in [3.63, 3.8) is 0 Å². The molecule has 140 valence electrons. The van der Waals surface area contributed by atoms with Gasteiger partial charge in [0.05, 0.1) is 0 Å². The van der Waals surface area contributed by atoms with Crippen molar-refractivity contribution in [3.8, 4) is 0 Å². The first-order valence-electron chi connectivity index (χ1n) is 9.46. The van der Waals surface area contributed by atoms with E-state index in [0.717, 1.165) is 44.3 Å². The second-order valence-corrected chi connectivity index (χ2v) is 8.20. The van der Waals surface area contributed by atoms with Gasteiger partial charge in [0.2, 0.25) is 5.91 Å². The number of aliphatic carboxylic acids is 1. The molecule has 3 aliphatic rings. The molecule has 6 heteroatoms. The Balaban J connectivity index is 1.39. The molecule has 0 bridgehead atoms. The topological polar surface area (TPSA) is 60.9 Å². The van der Waals surface area contributed by atoms with Crippen molar-refractivity contribution in [2.75, 3.05) is 19.6 Å². The number of hydrogen-bond donors (Lipinski definition) is 1. The second-order valence-electron chi connectivity index (χ2n) is 8.20. The molecule has 1 aromatic carbocycles. The highest BCUT2D eigenvalue weighted by molar-refractivity contribution is 5.87. The van der Waals surface area contributed by atoms with Crippen molar-refractivity contribution in [2.24, 2.45) is 11.3 Å². The van der Waals surface area contributed by atoms with Crippen LogP contribution < -0.4 is 0 Å². The van der Waals surface area contributed by atoms with E-state index in [2.05, 4.69) is 4.90 Å². The number of benzene rings is 1. The zero-order chi connectivity index (χ0) is 18.3. The summed E-state index contributed by atoms with van der Waals surface area (Å²) >= 11 is 0. The van der Waals surface area contributed by atoms with Crippen LogP contribution in [0.1, 0.15) is 37.7 Å². The smallest absolute Gasteiger partial charge is 0.326 e. The highest BCUT2D eigenvalue weighted by Crippen LogP contribution is 2.45. The van der Waals surface area contributed by atoms with Gasteiger partial charge < -0.3 is 10.0 Å². The molecule has 1 N–H and O–H groups in total. The average Bonchev–Trinajstić information content (AvgIpc) is 3.39. The fraction of sp³-hybridized carbons (Fsp3) is 0.600. The van der Waals surface area contributed by atoms with E-state index in [9.17, 15) is 19.1 Å². The van der Waals surface area contributed by atoms with Gasteiger partial charge in [0.1, 0.15) is 11.9 Å². The number of piperidine rings is 1. The summed E-state index contributed by atoms with van der Waals surface area (Å²) in [6, 6.07) is 6.00. The van der Waals surface area contributed by atoms with Gasteiger partial charge >= 0.3 is 5.97 Å². The van der Waals surface area contributed by atoms with Crippen LogP contribution in [0.2, 0.25) is 0 Å². The highest BCUT2D eigenvalue weighted by Gasteiger charge is 2.51. The molecule has 4 rings (SSSR count). The molecule has 0 aromatic heterocycles. The normalized spacial score (nSPS) is 25.6. The molecule has 3 fully saturated rings. The summed E-state index contributed by atoms with van der Waals surface area (Å²) in [5.41, 5.74) is 0.882. The number of carboxylic acid groups (broad SMARTS) is 1. The lowest BCUT2D eigenvalue weighted by Crippen LogP contribution is -2.43. The van der Waals surface area contributed by atoms with Crippen LogP contribution in [0, 0.1) is 17.2 Å². The fourth-order valence-corrected chi connectivity index (χ4v) is 4.51. The summed E-state index contributed by atoms with van der Waals surface area (Å²) in [5.74, 6) is -1.00. The predicted octanol–water partition coefficient (Wildman–Crippen LogP) is 2.50. The van der Waals surface area contributed by atoms with Gasteiger partial charge in [-0.1, -0.05) is 12.1 Å². The lowest BCUT2D eigenvalue weighted by molar-refractivity contribution is -0.148. The Hall–Kier alpha value is -1.95. The molecule has 26 heavy (non-hydrogen) atoms. The summed E-state index contributed by atoms with van der Waals surface area (Å²) in [5, 5.41) is 9.58. The molecule has 1 aromatic rings. The van der Waals surface area contributed by atoms with Gasteiger partial charge in [-0.25, -0.2) is 9.18 Å². The van der Waals surface area contributed by atoms with Gasteiger partial charge in [-0.2, -0.15) is 0 Å². The lowest BCUT2D eigenvalue weighted by Gasteiger charge is -2.39. The number of rotatable bonds is 4. The Morgan fingerprint density at radius 3 is 2.58 bits per heavy atom. The second kappa shape index (κ2) is 6.65. The SMILES string of the molecule is O=C(O)[C@H]1CC2(CCN(Cc3cccc(F)c3)CC2)CN1C(=O)C1CC1. The van der Waals surface area contributed by atoms with E-state index in [1.165, 1.54) is 6.07 Å². The van der Waals surface area contributed by atoms with Crippen molar-refractivity contribution in [3.05, 3.63) is 35.6 Å². The Bertz CT molecular complexity index is 711. The molecule has 0 unspecified atom stereocenters. The number of likely N-dealkylation sites (tertiary alicyclic amines) is 2. The van der Waals surface area contributed by atoms with Gasteiger partial charge in [0.25, 0.3) is 0 Å². The van der Waals surface area contributed by atoms with Crippen LogP contribution in [-0.2, 0) is 16.1 Å². The molecule has 1 amide bonds. The van der Waals surface area contributed by atoms with Gasteiger partial charge in [-0.3, -0.25) is 9.69 Å². The van der Waals surface area contributed by atoms with Crippen LogP contribution in [0.3, 0.4) is 0 Å². The molecule has 1 atom stereocenters. The lowest BCUT2D eigenvalue weighted by atomic mass is 9.76. The predicted molar refractivity (Wildman–Crippen MR) is 93.8 cm³/mol. The molecular formula is C20H25FN2O3. The van der Waals surface area contributed by atoms with Crippen LogP contribution >= 0.6 is 0 Å². The van der Waals surface area contributed by atoms with Crippen molar-refractivity contribution >= 4 is 11.9 Å². The van der Waals surface area contributed by atoms with Crippen molar-refractivity contribution in [2.45, 2.75) is 44.7 Å². The van der Waals surface area contributed by atoms with Gasteiger partial charge in [0, 0.05) is 19.0 Å². The van der Waals surface area contributed by atoms with Crippen molar-refractivity contribution in [1.29, 1.82) is 0 Å². The number of nitrogens with zero attached hydrogens (tertiary/aromatic N) is 2. The van der Waals surface area contributed by atoms with Crippen LogP contribution in [-0.4, -0.2) is 52.5 Å². The molecule has 1 aliphatic carbocycles. The summed E-state index contributed by atoms with van der Waals surface area (Å²) in [6.45, 7) is 3.00. The van der Waals surface area contributed by atoms with E-state index in [1.807, 2.05) is 6.07 Å². The molecule has 0 radical (unpaired) electrons. The van der Waals surface area contributed by atoms with Gasteiger partial charge in [0.15, 0.2) is 0 Å². The van der Waals surface area contributed by atoms with Gasteiger partial charge in [-0.15, -0.1) is 0 Å². The zero-order valence-electron chi connectivity index (χ0n) is 14.9. The Morgan fingerprint density at radius 2 is 1.96 bits per heavy atom. The third-order valence-corrected chi connectivity index (χ3v) is 6.21. The first kappa shape index (κ1) is 17.5. The Labute approximate surface area is 152 Å². The quantitative estimate of drug-likeness (QED) is 0.896. The average molecular weight is 360 g/mol. The number of carboxylic acids is 1. The van der Waals surface area contributed by atoms with Crippen molar-refractivity contribution < 1.29 is 19.1 Å². The fourth-order valence-electron chi connectivity index (χ4n) is 4.51. The zero-order valence-corrected chi connectivity index (χ0v) is 14.9. The number of amides is 1. The minimum absolute atomic E-state index is 0.0384. The summed E-state index contributed by atoms with van der Waals surface area (Å²) < 4.78 is 13.4. The molecule has 1 spiro atoms. The van der Waals surface area contributed by atoms with E-state index in [0.29, 0.717) is 19.5 Å². The Kier molecular flexibility index (Phi) is 4.47. The maximum Gasteiger partial charge on any atom is 0.326 e. The molecule has 5 nitrogen and oxygen atoms in total. The standard InChI is InChI=1S/C20H25FN2O3/c21-16-3-1-2-14(10-16)12-22-8-6-20(7-9-22)11-17(19(25)26)23(13-20)18(24)15-4-5-15/h1-3,10,15,17H,4-9,11-13H2,(H,25,26)/t17-/m1/s1. The minimum atomic E-state index is -0.877. The first-order valence-corrected chi connectivity index (χ1v) is 9.46. The summed E-state index contributed by atoms with van der Waals surface area (Å²) in [4.78, 5) is 28.1. The van der Waals surface area contributed by atoms with E-state index >= 15 is 0 Å². The number of carbonyl (C=O) groups is 2. The van der Waals surface area contributed by atoms with E-state index < -0.39 is 12.0 Å². The minimum Gasteiger partial charge on any atom is -0.480 e. The maximum atomic E-state index is 13.4. The maximum absolute atomic E-state index is 13.4. The van der Waals surface area contributed by atoms with E-state index in [1.54, 1.807) is 17.0 Å². The highest BCUT2D eigenvalue weighted by atomic mass is 19.1. The van der Waals surface area contributed by atoms with Crippen LogP contribution in [0.4, 0.5) is 4.39 Å². The molecule has 2 aliphatic heterocycles. The van der Waals surface area contributed by atoms with Crippen LogP contribution in [0.25, 0.3) is 0 Å². The van der Waals surface area contributed by atoms with Crippen LogP contribution in [0.5, 0.6) is 0 Å². The van der Waals surface area contributed by atoms with E-state index in [-0.39, 0.29) is 23.1 Å². The third kappa shape index (κ3) is 3.47. The monoisotopic (exact) mass is 360 g/mol. The molecular weight excluding hydrogens is 335 g/mol. The first-order chi connectivity index (χ1) is 12.5. The summed E-state index contributed by atoms with van der Waals surface area (Å²) in [7, 11) is 0. The van der Waals surface area contributed by atoms with Crippen molar-refractivity contribution in [1.82, 2.24) is 9.80 Å². The van der Waals surface area contributed by atoms with Crippen LogP contribution in [0.15, 0.2) is 24.3 Å². The van der Waals surface area contributed by atoms with E-state index in [4.69, 9.17) is 0 Å². The number of halogens is 1. The molecule has 2 heterocycles. The number of carbonyl (C=O) groups excluding carboxylic acids is 1. The Morgan fingerprint density at radius 1 is 1.23 bits per heavy atom. The summed E-state index contributed by atoms with van der Waals surface area (Å²) in [6.07, 6.45) is 4.14. The molecule has 1 saturated carbocycles. The molecule has 2 saturated heterocycles. The van der Waals surface area contributed by atoms with Gasteiger partial charge in [-0.05, 0) is 68.3 Å².